The minimum Gasteiger partial charge on any atom is -0.281 e. The van der Waals surface area contributed by atoms with Gasteiger partial charge in [-0.3, -0.25) is 4.79 Å². The maximum Gasteiger partial charge on any atom is 0.227 e. The molecular formula is C9H17ClO. The van der Waals surface area contributed by atoms with E-state index >= 15 is 0 Å². The van der Waals surface area contributed by atoms with E-state index in [1.165, 1.54) is 0 Å². The van der Waals surface area contributed by atoms with Crippen molar-refractivity contribution in [3.8, 4) is 0 Å². The monoisotopic (exact) mass is 176 g/mol. The maximum atomic E-state index is 11.0. The van der Waals surface area contributed by atoms with E-state index in [0.29, 0.717) is 0 Å². The molecule has 11 heavy (non-hydrogen) atoms. The summed E-state index contributed by atoms with van der Waals surface area (Å²) in [5.74, 6) is 0. The molecular weight excluding hydrogens is 160 g/mol. The molecule has 0 aromatic rings. The average Bonchev–Trinajstić information content (AvgIpc) is 2.00. The van der Waals surface area contributed by atoms with E-state index in [2.05, 4.69) is 6.92 Å². The van der Waals surface area contributed by atoms with Crippen molar-refractivity contribution in [2.24, 2.45) is 5.41 Å². The second-order valence-corrected chi connectivity index (χ2v) is 3.63. The van der Waals surface area contributed by atoms with E-state index in [9.17, 15) is 4.79 Å². The molecule has 0 spiro atoms. The molecule has 0 saturated heterocycles. The molecule has 0 heterocycles. The number of hydrogen-bond acceptors (Lipinski definition) is 1. The number of hydrogen-bond donors (Lipinski definition) is 0. The second-order valence-electron chi connectivity index (χ2n) is 3.29. The molecule has 2 heteroatoms. The topological polar surface area (TPSA) is 17.1 Å². The van der Waals surface area contributed by atoms with E-state index < -0.39 is 0 Å². The van der Waals surface area contributed by atoms with Gasteiger partial charge in [0.25, 0.3) is 0 Å². The molecule has 1 unspecified atom stereocenters. The van der Waals surface area contributed by atoms with Gasteiger partial charge in [0.2, 0.25) is 5.24 Å². The molecule has 0 amide bonds. The first-order valence-electron chi connectivity index (χ1n) is 4.26. The molecule has 0 N–H and O–H groups in total. The summed E-state index contributed by atoms with van der Waals surface area (Å²) in [5, 5.41) is -0.187. The van der Waals surface area contributed by atoms with E-state index in [1.807, 2.05) is 13.8 Å². The Morgan fingerprint density at radius 2 is 2.00 bits per heavy atom. The van der Waals surface area contributed by atoms with Crippen LogP contribution in [0.3, 0.4) is 0 Å². The fraction of sp³-hybridized carbons (Fsp3) is 0.889. The van der Waals surface area contributed by atoms with Crippen molar-refractivity contribution in [1.82, 2.24) is 0 Å². The Kier molecular flexibility index (Phi) is 4.74. The van der Waals surface area contributed by atoms with Gasteiger partial charge in [-0.15, -0.1) is 0 Å². The van der Waals surface area contributed by atoms with Gasteiger partial charge in [-0.1, -0.05) is 33.6 Å². The lowest BCUT2D eigenvalue weighted by molar-refractivity contribution is -0.120. The van der Waals surface area contributed by atoms with Crippen LogP contribution in [0.25, 0.3) is 0 Å². The van der Waals surface area contributed by atoms with Gasteiger partial charge in [-0.2, -0.15) is 0 Å². The van der Waals surface area contributed by atoms with Gasteiger partial charge in [0, 0.05) is 5.41 Å². The maximum absolute atomic E-state index is 11.0. The van der Waals surface area contributed by atoms with Crippen molar-refractivity contribution < 1.29 is 4.79 Å². The molecule has 1 atom stereocenters. The molecule has 0 aromatic carbocycles. The molecule has 0 aliphatic carbocycles. The van der Waals surface area contributed by atoms with Crippen LogP contribution in [0.1, 0.15) is 46.5 Å². The Balaban J connectivity index is 3.99. The molecule has 0 aliphatic rings. The summed E-state index contributed by atoms with van der Waals surface area (Å²) in [6, 6.07) is 0. The lowest BCUT2D eigenvalue weighted by Gasteiger charge is -2.22. The summed E-state index contributed by atoms with van der Waals surface area (Å²) >= 11 is 5.48. The summed E-state index contributed by atoms with van der Waals surface area (Å²) < 4.78 is 0. The predicted octanol–water partition coefficient (Wildman–Crippen LogP) is 3.36. The van der Waals surface area contributed by atoms with Crippen LogP contribution in [0.15, 0.2) is 0 Å². The normalized spacial score (nSPS) is 16.0. The number of unbranched alkanes of at least 4 members (excludes halogenated alkanes) is 1. The largest absolute Gasteiger partial charge is 0.281 e. The van der Waals surface area contributed by atoms with E-state index in [-0.39, 0.29) is 10.7 Å². The number of halogens is 1. The van der Waals surface area contributed by atoms with Crippen molar-refractivity contribution >= 4 is 16.8 Å². The van der Waals surface area contributed by atoms with Crippen LogP contribution in [0.4, 0.5) is 0 Å². The highest BCUT2D eigenvalue weighted by Gasteiger charge is 2.28. The zero-order valence-electron chi connectivity index (χ0n) is 7.61. The van der Waals surface area contributed by atoms with E-state index in [1.54, 1.807) is 0 Å². The Bertz CT molecular complexity index is 134. The zero-order chi connectivity index (χ0) is 8.91. The third kappa shape index (κ3) is 3.24. The highest BCUT2D eigenvalue weighted by atomic mass is 35.5. The van der Waals surface area contributed by atoms with Crippen LogP contribution in [-0.2, 0) is 4.79 Å². The van der Waals surface area contributed by atoms with Gasteiger partial charge in [-0.05, 0) is 24.4 Å². The van der Waals surface area contributed by atoms with Gasteiger partial charge >= 0.3 is 0 Å². The molecule has 0 radical (unpaired) electrons. The Hall–Kier alpha value is -0.0400. The summed E-state index contributed by atoms with van der Waals surface area (Å²) in [4.78, 5) is 11.0. The lowest BCUT2D eigenvalue weighted by Crippen LogP contribution is -2.22. The summed E-state index contributed by atoms with van der Waals surface area (Å²) in [6.07, 6.45) is 3.97. The molecule has 66 valence electrons. The van der Waals surface area contributed by atoms with Crippen LogP contribution in [0.2, 0.25) is 0 Å². The van der Waals surface area contributed by atoms with Crippen LogP contribution >= 0.6 is 11.6 Å². The standard InChI is InChI=1S/C9H17ClO/c1-4-6-7-9(3,5-2)8(10)11/h4-7H2,1-3H3. The van der Waals surface area contributed by atoms with Crippen LogP contribution in [0.5, 0.6) is 0 Å². The highest BCUT2D eigenvalue weighted by molar-refractivity contribution is 6.64. The summed E-state index contributed by atoms with van der Waals surface area (Å²) in [7, 11) is 0. The fourth-order valence-electron chi connectivity index (χ4n) is 0.981. The summed E-state index contributed by atoms with van der Waals surface area (Å²) in [6.45, 7) is 6.07. The number of carbonyl (C=O) groups is 1. The van der Waals surface area contributed by atoms with Crippen LogP contribution in [-0.4, -0.2) is 5.24 Å². The fourth-order valence-corrected chi connectivity index (χ4v) is 1.21. The van der Waals surface area contributed by atoms with Gasteiger partial charge in [-0.25, -0.2) is 0 Å². The average molecular weight is 177 g/mol. The van der Waals surface area contributed by atoms with Gasteiger partial charge in [0.1, 0.15) is 0 Å². The second kappa shape index (κ2) is 4.76. The van der Waals surface area contributed by atoms with Crippen LogP contribution in [0, 0.1) is 5.41 Å². The third-order valence-corrected chi connectivity index (χ3v) is 2.79. The molecule has 0 rings (SSSR count). The van der Waals surface area contributed by atoms with Crippen molar-refractivity contribution in [3.05, 3.63) is 0 Å². The molecule has 0 saturated carbocycles. The Morgan fingerprint density at radius 1 is 1.45 bits per heavy atom. The van der Waals surface area contributed by atoms with Gasteiger partial charge < -0.3 is 0 Å². The lowest BCUT2D eigenvalue weighted by atomic mass is 9.84. The zero-order valence-corrected chi connectivity index (χ0v) is 8.37. The van der Waals surface area contributed by atoms with Crippen molar-refractivity contribution in [3.63, 3.8) is 0 Å². The SMILES string of the molecule is CCCCC(C)(CC)C(=O)Cl. The predicted molar refractivity (Wildman–Crippen MR) is 48.8 cm³/mol. The summed E-state index contributed by atoms with van der Waals surface area (Å²) in [5.41, 5.74) is -0.280. The molecule has 0 fully saturated rings. The minimum atomic E-state index is -0.280. The third-order valence-electron chi connectivity index (χ3n) is 2.34. The number of carbonyl (C=O) groups excluding carboxylic acids is 1. The van der Waals surface area contributed by atoms with E-state index in [4.69, 9.17) is 11.6 Å². The number of rotatable bonds is 5. The molecule has 0 aromatic heterocycles. The first kappa shape index (κ1) is 11.0. The van der Waals surface area contributed by atoms with Crippen molar-refractivity contribution in [2.45, 2.75) is 46.5 Å². The van der Waals surface area contributed by atoms with Crippen molar-refractivity contribution in [1.29, 1.82) is 0 Å². The quantitative estimate of drug-likeness (QED) is 0.588. The Morgan fingerprint density at radius 3 is 2.27 bits per heavy atom. The molecule has 1 nitrogen and oxygen atoms in total. The minimum absolute atomic E-state index is 0.187. The van der Waals surface area contributed by atoms with Gasteiger partial charge in [0.05, 0.1) is 0 Å². The first-order chi connectivity index (χ1) is 5.06. The highest BCUT2D eigenvalue weighted by Crippen LogP contribution is 2.30. The van der Waals surface area contributed by atoms with E-state index in [0.717, 1.165) is 25.7 Å². The van der Waals surface area contributed by atoms with Crippen LogP contribution < -0.4 is 0 Å². The molecule has 0 aliphatic heterocycles. The van der Waals surface area contributed by atoms with Crippen molar-refractivity contribution in [2.75, 3.05) is 0 Å². The first-order valence-corrected chi connectivity index (χ1v) is 4.64. The van der Waals surface area contributed by atoms with Gasteiger partial charge in [0.15, 0.2) is 0 Å². The molecule has 0 bridgehead atoms. The smallest absolute Gasteiger partial charge is 0.227 e. The Labute approximate surface area is 74.1 Å².